The number of amides is 1. The van der Waals surface area contributed by atoms with Gasteiger partial charge in [0.15, 0.2) is 11.5 Å². The van der Waals surface area contributed by atoms with E-state index < -0.39 is 17.2 Å². The van der Waals surface area contributed by atoms with Crippen LogP contribution in [0.15, 0.2) is 12.1 Å². The number of rotatable bonds is 4. The largest absolute Gasteiger partial charge is 0.493 e. The summed E-state index contributed by atoms with van der Waals surface area (Å²) in [5.74, 6) is 0.908. The zero-order chi connectivity index (χ0) is 17.1. The fraction of sp³-hybridized carbons (Fsp3) is 0.562. The number of nitrogens with two attached hydrogens (primary N) is 1. The van der Waals surface area contributed by atoms with Gasteiger partial charge in [-0.15, -0.1) is 0 Å². The molecule has 22 heavy (non-hydrogen) atoms. The van der Waals surface area contributed by atoms with E-state index in [1.54, 1.807) is 32.9 Å². The Labute approximate surface area is 131 Å². The molecule has 0 aliphatic carbocycles. The van der Waals surface area contributed by atoms with Gasteiger partial charge in [0, 0.05) is 5.54 Å². The molecule has 1 amide bonds. The number of methoxy groups -OCH3 is 2. The molecular formula is C16H26N2O4. The lowest BCUT2D eigenvalue weighted by Gasteiger charge is -2.24. The van der Waals surface area contributed by atoms with E-state index in [1.165, 1.54) is 14.2 Å². The Bertz CT molecular complexity index is 542. The van der Waals surface area contributed by atoms with Crippen LogP contribution in [-0.2, 0) is 10.3 Å². The van der Waals surface area contributed by atoms with Gasteiger partial charge in [-0.3, -0.25) is 5.32 Å². The molecular weight excluding hydrogens is 284 g/mol. The van der Waals surface area contributed by atoms with Crippen LogP contribution < -0.4 is 20.5 Å². The van der Waals surface area contributed by atoms with Crippen LogP contribution in [0.2, 0.25) is 0 Å². The average molecular weight is 310 g/mol. The Morgan fingerprint density at radius 1 is 1.09 bits per heavy atom. The summed E-state index contributed by atoms with van der Waals surface area (Å²) >= 11 is 0. The van der Waals surface area contributed by atoms with E-state index in [2.05, 4.69) is 5.32 Å². The molecule has 0 saturated heterocycles. The van der Waals surface area contributed by atoms with Gasteiger partial charge in [-0.2, -0.15) is 0 Å². The number of carbonyl (C=O) groups is 1. The molecule has 0 bridgehead atoms. The number of ether oxygens (including phenoxy) is 3. The molecule has 0 aliphatic heterocycles. The number of anilines is 1. The predicted molar refractivity (Wildman–Crippen MR) is 86.6 cm³/mol. The SMILES string of the molecule is COc1cc(C(C)(C)N)cc(NC(=O)OC(C)(C)C)c1OC. The van der Waals surface area contributed by atoms with Crippen molar-refractivity contribution in [2.75, 3.05) is 19.5 Å². The van der Waals surface area contributed by atoms with Gasteiger partial charge in [0.05, 0.1) is 19.9 Å². The number of hydrogen-bond acceptors (Lipinski definition) is 5. The monoisotopic (exact) mass is 310 g/mol. The molecule has 3 N–H and O–H groups in total. The molecule has 0 spiro atoms. The fourth-order valence-electron chi connectivity index (χ4n) is 1.84. The smallest absolute Gasteiger partial charge is 0.412 e. The summed E-state index contributed by atoms with van der Waals surface area (Å²) in [5, 5.41) is 2.68. The molecule has 6 nitrogen and oxygen atoms in total. The van der Waals surface area contributed by atoms with E-state index in [-0.39, 0.29) is 0 Å². The molecule has 1 aromatic carbocycles. The van der Waals surface area contributed by atoms with Gasteiger partial charge in [-0.1, -0.05) is 0 Å². The molecule has 0 saturated carbocycles. The first-order valence-electron chi connectivity index (χ1n) is 7.03. The van der Waals surface area contributed by atoms with Crippen LogP contribution in [0.4, 0.5) is 10.5 Å². The standard InChI is InChI=1S/C16H26N2O4/c1-15(2,3)22-14(19)18-11-8-10(16(4,5)17)9-12(20-6)13(11)21-7/h8-9H,17H2,1-7H3,(H,18,19). The summed E-state index contributed by atoms with van der Waals surface area (Å²) in [6.45, 7) is 9.12. The average Bonchev–Trinajstić information content (AvgIpc) is 2.34. The zero-order valence-electron chi connectivity index (χ0n) is 14.4. The van der Waals surface area contributed by atoms with Crippen LogP contribution >= 0.6 is 0 Å². The summed E-state index contributed by atoms with van der Waals surface area (Å²) in [4.78, 5) is 12.0. The highest BCUT2D eigenvalue weighted by molar-refractivity contribution is 5.88. The van der Waals surface area contributed by atoms with Crippen molar-refractivity contribution in [1.29, 1.82) is 0 Å². The van der Waals surface area contributed by atoms with Crippen LogP contribution in [0.3, 0.4) is 0 Å². The first-order valence-corrected chi connectivity index (χ1v) is 7.03. The summed E-state index contributed by atoms with van der Waals surface area (Å²) < 4.78 is 15.9. The van der Waals surface area contributed by atoms with Crippen LogP contribution in [0.25, 0.3) is 0 Å². The number of nitrogens with one attached hydrogen (secondary N) is 1. The zero-order valence-corrected chi connectivity index (χ0v) is 14.4. The van der Waals surface area contributed by atoms with Crippen molar-refractivity contribution < 1.29 is 19.0 Å². The first kappa shape index (κ1) is 18.1. The minimum absolute atomic E-state index is 0.418. The Morgan fingerprint density at radius 2 is 1.68 bits per heavy atom. The van der Waals surface area contributed by atoms with Crippen LogP contribution in [0.5, 0.6) is 11.5 Å². The van der Waals surface area contributed by atoms with E-state index in [0.29, 0.717) is 17.2 Å². The van der Waals surface area contributed by atoms with Crippen molar-refractivity contribution >= 4 is 11.8 Å². The van der Waals surface area contributed by atoms with Crippen molar-refractivity contribution in [3.05, 3.63) is 17.7 Å². The minimum atomic E-state index is -0.593. The molecule has 0 radical (unpaired) electrons. The maximum absolute atomic E-state index is 12.0. The van der Waals surface area contributed by atoms with E-state index in [1.807, 2.05) is 13.8 Å². The lowest BCUT2D eigenvalue weighted by atomic mass is 9.94. The number of hydrogen-bond donors (Lipinski definition) is 2. The van der Waals surface area contributed by atoms with Gasteiger partial charge in [0.25, 0.3) is 0 Å². The quantitative estimate of drug-likeness (QED) is 0.892. The van der Waals surface area contributed by atoms with Crippen molar-refractivity contribution in [3.63, 3.8) is 0 Å². The molecule has 0 aromatic heterocycles. The predicted octanol–water partition coefficient (Wildman–Crippen LogP) is 3.24. The highest BCUT2D eigenvalue weighted by Crippen LogP contribution is 2.39. The molecule has 6 heteroatoms. The maximum Gasteiger partial charge on any atom is 0.412 e. The van der Waals surface area contributed by atoms with E-state index in [0.717, 1.165) is 5.56 Å². The second kappa shape index (κ2) is 6.44. The number of benzene rings is 1. The topological polar surface area (TPSA) is 82.8 Å². The molecule has 0 unspecified atom stereocenters. The minimum Gasteiger partial charge on any atom is -0.493 e. The highest BCUT2D eigenvalue weighted by Gasteiger charge is 2.23. The first-order chi connectivity index (χ1) is 9.97. The lowest BCUT2D eigenvalue weighted by Crippen LogP contribution is -2.30. The molecule has 0 atom stereocenters. The van der Waals surface area contributed by atoms with Crippen LogP contribution in [0, 0.1) is 0 Å². The van der Waals surface area contributed by atoms with Crippen molar-refractivity contribution in [2.45, 2.75) is 45.8 Å². The molecule has 1 rings (SSSR count). The molecule has 124 valence electrons. The third-order valence-corrected chi connectivity index (χ3v) is 2.86. The van der Waals surface area contributed by atoms with Crippen molar-refractivity contribution in [2.24, 2.45) is 5.73 Å². The Hall–Kier alpha value is -1.95. The van der Waals surface area contributed by atoms with Gasteiger partial charge >= 0.3 is 6.09 Å². The van der Waals surface area contributed by atoms with Crippen LogP contribution in [0.1, 0.15) is 40.2 Å². The normalized spacial score (nSPS) is 11.8. The lowest BCUT2D eigenvalue weighted by molar-refractivity contribution is 0.0635. The highest BCUT2D eigenvalue weighted by atomic mass is 16.6. The maximum atomic E-state index is 12.0. The third-order valence-electron chi connectivity index (χ3n) is 2.86. The van der Waals surface area contributed by atoms with Gasteiger partial charge < -0.3 is 19.9 Å². The molecule has 0 aliphatic rings. The van der Waals surface area contributed by atoms with E-state index in [9.17, 15) is 4.79 Å². The van der Waals surface area contributed by atoms with Crippen molar-refractivity contribution in [1.82, 2.24) is 0 Å². The second-order valence-corrected chi connectivity index (χ2v) is 6.61. The van der Waals surface area contributed by atoms with Gasteiger partial charge in [0.1, 0.15) is 5.60 Å². The summed E-state index contributed by atoms with van der Waals surface area (Å²) in [6, 6.07) is 3.55. The van der Waals surface area contributed by atoms with Crippen LogP contribution in [-0.4, -0.2) is 25.9 Å². The van der Waals surface area contributed by atoms with Gasteiger partial charge in [0.2, 0.25) is 0 Å². The number of carbonyl (C=O) groups excluding carboxylic acids is 1. The van der Waals surface area contributed by atoms with E-state index in [4.69, 9.17) is 19.9 Å². The van der Waals surface area contributed by atoms with Crippen molar-refractivity contribution in [3.8, 4) is 11.5 Å². The molecule has 0 fully saturated rings. The molecule has 1 aromatic rings. The van der Waals surface area contributed by atoms with E-state index >= 15 is 0 Å². The third kappa shape index (κ3) is 4.80. The fourth-order valence-corrected chi connectivity index (χ4v) is 1.84. The summed E-state index contributed by atoms with van der Waals surface area (Å²) in [6.07, 6.45) is -0.570. The Morgan fingerprint density at radius 3 is 2.09 bits per heavy atom. The summed E-state index contributed by atoms with van der Waals surface area (Å²) in [5.41, 5.74) is 6.20. The van der Waals surface area contributed by atoms with Gasteiger partial charge in [-0.25, -0.2) is 4.79 Å². The second-order valence-electron chi connectivity index (χ2n) is 6.61. The summed E-state index contributed by atoms with van der Waals surface area (Å²) in [7, 11) is 3.04. The Balaban J connectivity index is 3.23. The molecule has 0 heterocycles. The van der Waals surface area contributed by atoms with Gasteiger partial charge in [-0.05, 0) is 52.3 Å². The Kier molecular flexibility index (Phi) is 5.30.